The molecule has 0 aliphatic rings. The fourth-order valence-corrected chi connectivity index (χ4v) is 2.63. The van der Waals surface area contributed by atoms with Crippen LogP contribution in [0.2, 0.25) is 0 Å². The van der Waals surface area contributed by atoms with Gasteiger partial charge in [0.15, 0.2) is 0 Å². The molecular weight excluding hydrogens is 338 g/mol. The number of aromatic nitrogens is 3. The summed E-state index contributed by atoms with van der Waals surface area (Å²) in [5, 5.41) is 16.2. The zero-order valence-corrected chi connectivity index (χ0v) is 15.6. The maximum Gasteiger partial charge on any atom is 0.225 e. The van der Waals surface area contributed by atoms with Crippen LogP contribution in [0.15, 0.2) is 60.8 Å². The van der Waals surface area contributed by atoms with Gasteiger partial charge in [0, 0.05) is 17.8 Å². The summed E-state index contributed by atoms with van der Waals surface area (Å²) in [6.45, 7) is 4.69. The molecule has 1 aromatic carbocycles. The van der Waals surface area contributed by atoms with Gasteiger partial charge in [0.25, 0.3) is 0 Å². The van der Waals surface area contributed by atoms with Gasteiger partial charge in [-0.15, -0.1) is 0 Å². The summed E-state index contributed by atoms with van der Waals surface area (Å²) in [5.74, 6) is 1.45. The number of aliphatic hydroxyl groups excluding tert-OH is 1. The van der Waals surface area contributed by atoms with E-state index in [4.69, 9.17) is 0 Å². The summed E-state index contributed by atoms with van der Waals surface area (Å²) >= 11 is 0. The molecule has 6 nitrogen and oxygen atoms in total. The van der Waals surface area contributed by atoms with E-state index in [1.807, 2.05) is 54.6 Å². The minimum Gasteiger partial charge on any atom is -0.394 e. The first-order valence-corrected chi connectivity index (χ1v) is 9.11. The van der Waals surface area contributed by atoms with E-state index in [0.717, 1.165) is 17.0 Å². The fourth-order valence-electron chi connectivity index (χ4n) is 2.63. The molecule has 6 heteroatoms. The van der Waals surface area contributed by atoms with Crippen LogP contribution in [0, 0.1) is 5.92 Å². The first kappa shape index (κ1) is 18.8. The Kier molecular flexibility index (Phi) is 6.33. The van der Waals surface area contributed by atoms with Crippen molar-refractivity contribution in [3.8, 4) is 11.3 Å². The number of pyridine rings is 1. The van der Waals surface area contributed by atoms with E-state index in [2.05, 4.69) is 39.4 Å². The molecule has 0 fully saturated rings. The van der Waals surface area contributed by atoms with Gasteiger partial charge < -0.3 is 15.7 Å². The lowest BCUT2D eigenvalue weighted by Crippen LogP contribution is -2.30. The Morgan fingerprint density at radius 2 is 1.78 bits per heavy atom. The van der Waals surface area contributed by atoms with Crippen molar-refractivity contribution in [2.75, 3.05) is 17.2 Å². The summed E-state index contributed by atoms with van der Waals surface area (Å²) in [6, 6.07) is 17.6. The van der Waals surface area contributed by atoms with Crippen molar-refractivity contribution in [1.82, 2.24) is 15.0 Å². The van der Waals surface area contributed by atoms with Gasteiger partial charge in [-0.3, -0.25) is 4.98 Å². The molecule has 2 aromatic heterocycles. The van der Waals surface area contributed by atoms with Gasteiger partial charge in [-0.05, 0) is 18.1 Å². The van der Waals surface area contributed by atoms with Crippen molar-refractivity contribution in [1.29, 1.82) is 0 Å². The van der Waals surface area contributed by atoms with Crippen molar-refractivity contribution < 1.29 is 5.11 Å². The average molecular weight is 363 g/mol. The summed E-state index contributed by atoms with van der Waals surface area (Å²) < 4.78 is 0. The molecule has 0 aliphatic heterocycles. The SMILES string of the molecule is CC(C)[C@@H](CO)Nc1nc(NCc2ccccn2)cc(-c2ccccc2)n1. The lowest BCUT2D eigenvalue weighted by molar-refractivity contribution is 0.248. The minimum absolute atomic E-state index is 0.0211. The zero-order valence-electron chi connectivity index (χ0n) is 15.6. The standard InChI is InChI=1S/C21H25N5O/c1-15(2)19(14-27)25-21-24-18(16-8-4-3-5-9-16)12-20(26-21)23-13-17-10-6-7-11-22-17/h3-12,15,19,27H,13-14H2,1-2H3,(H2,23,24,25,26)/t19-/m1/s1. The molecule has 0 saturated carbocycles. The third-order valence-electron chi connectivity index (χ3n) is 4.29. The predicted molar refractivity (Wildman–Crippen MR) is 108 cm³/mol. The van der Waals surface area contributed by atoms with E-state index in [1.165, 1.54) is 0 Å². The second kappa shape index (κ2) is 9.09. The fraction of sp³-hybridized carbons (Fsp3) is 0.286. The maximum absolute atomic E-state index is 9.62. The molecule has 0 spiro atoms. The molecule has 3 aromatic rings. The molecule has 1 atom stereocenters. The molecule has 3 N–H and O–H groups in total. The van der Waals surface area contributed by atoms with Gasteiger partial charge in [-0.25, -0.2) is 4.98 Å². The van der Waals surface area contributed by atoms with E-state index in [9.17, 15) is 5.11 Å². The predicted octanol–water partition coefficient (Wildman–Crippen LogP) is 3.58. The smallest absolute Gasteiger partial charge is 0.225 e. The van der Waals surface area contributed by atoms with Crippen molar-refractivity contribution in [3.05, 3.63) is 66.5 Å². The van der Waals surface area contributed by atoms with E-state index in [0.29, 0.717) is 18.3 Å². The van der Waals surface area contributed by atoms with Gasteiger partial charge in [-0.1, -0.05) is 50.2 Å². The number of anilines is 2. The average Bonchev–Trinajstić information content (AvgIpc) is 2.71. The highest BCUT2D eigenvalue weighted by atomic mass is 16.3. The van der Waals surface area contributed by atoms with Crippen LogP contribution in [-0.4, -0.2) is 32.7 Å². The normalized spacial score (nSPS) is 12.0. The van der Waals surface area contributed by atoms with E-state index in [-0.39, 0.29) is 18.6 Å². The Labute approximate surface area is 159 Å². The quantitative estimate of drug-likeness (QED) is 0.567. The molecule has 2 heterocycles. The van der Waals surface area contributed by atoms with Gasteiger partial charge >= 0.3 is 0 Å². The van der Waals surface area contributed by atoms with Crippen LogP contribution in [0.3, 0.4) is 0 Å². The summed E-state index contributed by atoms with van der Waals surface area (Å²) in [4.78, 5) is 13.5. The van der Waals surface area contributed by atoms with E-state index < -0.39 is 0 Å². The molecule has 0 aliphatic carbocycles. The first-order chi connectivity index (χ1) is 13.2. The number of rotatable bonds is 8. The van der Waals surface area contributed by atoms with Gasteiger partial charge in [0.05, 0.1) is 30.6 Å². The Bertz CT molecular complexity index is 840. The molecule has 0 unspecified atom stereocenters. The second-order valence-corrected chi connectivity index (χ2v) is 6.68. The van der Waals surface area contributed by atoms with Crippen molar-refractivity contribution in [2.45, 2.75) is 26.4 Å². The van der Waals surface area contributed by atoms with Gasteiger partial charge in [-0.2, -0.15) is 4.98 Å². The molecule has 0 radical (unpaired) electrons. The van der Waals surface area contributed by atoms with Gasteiger partial charge in [0.1, 0.15) is 5.82 Å². The molecular formula is C21H25N5O. The summed E-state index contributed by atoms with van der Waals surface area (Å²) in [5.41, 5.74) is 2.76. The first-order valence-electron chi connectivity index (χ1n) is 9.11. The van der Waals surface area contributed by atoms with Crippen LogP contribution in [-0.2, 0) is 6.54 Å². The number of aliphatic hydroxyl groups is 1. The van der Waals surface area contributed by atoms with Crippen molar-refractivity contribution in [3.63, 3.8) is 0 Å². The highest BCUT2D eigenvalue weighted by molar-refractivity contribution is 5.64. The Balaban J connectivity index is 1.88. The lowest BCUT2D eigenvalue weighted by atomic mass is 10.1. The number of nitrogens with zero attached hydrogens (tertiary/aromatic N) is 3. The van der Waals surface area contributed by atoms with Crippen LogP contribution in [0.5, 0.6) is 0 Å². The van der Waals surface area contributed by atoms with Crippen LogP contribution < -0.4 is 10.6 Å². The molecule has 140 valence electrons. The lowest BCUT2D eigenvalue weighted by Gasteiger charge is -2.20. The van der Waals surface area contributed by atoms with Crippen LogP contribution >= 0.6 is 0 Å². The maximum atomic E-state index is 9.62. The second-order valence-electron chi connectivity index (χ2n) is 6.68. The Morgan fingerprint density at radius 1 is 1.00 bits per heavy atom. The van der Waals surface area contributed by atoms with Crippen LogP contribution in [0.4, 0.5) is 11.8 Å². The third kappa shape index (κ3) is 5.24. The van der Waals surface area contributed by atoms with E-state index in [1.54, 1.807) is 6.20 Å². The summed E-state index contributed by atoms with van der Waals surface area (Å²) in [6.07, 6.45) is 1.77. The highest BCUT2D eigenvalue weighted by Crippen LogP contribution is 2.22. The topological polar surface area (TPSA) is 83.0 Å². The molecule has 27 heavy (non-hydrogen) atoms. The number of benzene rings is 1. The number of nitrogens with one attached hydrogen (secondary N) is 2. The van der Waals surface area contributed by atoms with Crippen LogP contribution in [0.1, 0.15) is 19.5 Å². The molecule has 0 bridgehead atoms. The zero-order chi connectivity index (χ0) is 19.1. The molecule has 3 rings (SSSR count). The Morgan fingerprint density at radius 3 is 2.44 bits per heavy atom. The largest absolute Gasteiger partial charge is 0.394 e. The van der Waals surface area contributed by atoms with Crippen LogP contribution in [0.25, 0.3) is 11.3 Å². The minimum atomic E-state index is -0.111. The van der Waals surface area contributed by atoms with Gasteiger partial charge in [0.2, 0.25) is 5.95 Å². The monoisotopic (exact) mass is 363 g/mol. The Hall–Kier alpha value is -2.99. The van der Waals surface area contributed by atoms with Crippen molar-refractivity contribution in [2.24, 2.45) is 5.92 Å². The van der Waals surface area contributed by atoms with Crippen molar-refractivity contribution >= 4 is 11.8 Å². The molecule has 0 amide bonds. The van der Waals surface area contributed by atoms with E-state index >= 15 is 0 Å². The highest BCUT2D eigenvalue weighted by Gasteiger charge is 2.15. The number of hydrogen-bond acceptors (Lipinski definition) is 6. The molecule has 0 saturated heterocycles. The third-order valence-corrected chi connectivity index (χ3v) is 4.29. The number of hydrogen-bond donors (Lipinski definition) is 3. The summed E-state index contributed by atoms with van der Waals surface area (Å²) in [7, 11) is 0.